The van der Waals surface area contributed by atoms with Crippen molar-refractivity contribution >= 4 is 5.91 Å². The molecule has 0 unspecified atom stereocenters. The molecule has 118 valence electrons. The summed E-state index contributed by atoms with van der Waals surface area (Å²) < 4.78 is 0. The van der Waals surface area contributed by atoms with E-state index in [1.807, 2.05) is 0 Å². The highest BCUT2D eigenvalue weighted by Gasteiger charge is 2.44. The molecule has 0 N–H and O–H groups in total. The molecule has 4 rings (SSSR count). The maximum Gasteiger partial charge on any atom is 0.239 e. The normalized spacial score (nSPS) is 36.2. The number of fused-ring (bicyclic) bond motifs is 2. The van der Waals surface area contributed by atoms with Crippen LogP contribution in [0.1, 0.15) is 38.5 Å². The Bertz CT molecular complexity index is 401. The van der Waals surface area contributed by atoms with Crippen molar-refractivity contribution in [2.75, 3.05) is 39.8 Å². The van der Waals surface area contributed by atoms with Crippen molar-refractivity contribution in [2.45, 2.75) is 50.6 Å². The van der Waals surface area contributed by atoms with Gasteiger partial charge in [-0.3, -0.25) is 9.69 Å². The van der Waals surface area contributed by atoms with E-state index >= 15 is 0 Å². The molecule has 3 aliphatic heterocycles. The van der Waals surface area contributed by atoms with Crippen LogP contribution in [0.3, 0.4) is 0 Å². The van der Waals surface area contributed by atoms with Crippen LogP contribution in [-0.2, 0) is 4.79 Å². The summed E-state index contributed by atoms with van der Waals surface area (Å²) in [6, 6.07) is 0.863. The lowest BCUT2D eigenvalue weighted by Gasteiger charge is -2.50. The van der Waals surface area contributed by atoms with E-state index in [9.17, 15) is 4.79 Å². The van der Waals surface area contributed by atoms with E-state index in [4.69, 9.17) is 0 Å². The van der Waals surface area contributed by atoms with Crippen molar-refractivity contribution in [1.82, 2.24) is 14.7 Å². The summed E-state index contributed by atoms with van der Waals surface area (Å²) in [7, 11) is 2.21. The zero-order valence-corrected chi connectivity index (χ0v) is 13.3. The Morgan fingerprint density at radius 3 is 2.52 bits per heavy atom. The fourth-order valence-corrected chi connectivity index (χ4v) is 4.62. The Hall–Kier alpha value is -0.610. The molecular formula is C17H29N3O. The average Bonchev–Trinajstić information content (AvgIpc) is 3.30. The highest BCUT2D eigenvalue weighted by molar-refractivity contribution is 5.83. The lowest BCUT2D eigenvalue weighted by atomic mass is 9.83. The molecule has 4 heteroatoms. The lowest BCUT2D eigenvalue weighted by molar-refractivity contribution is -0.148. The Morgan fingerprint density at radius 2 is 1.81 bits per heavy atom. The number of amides is 1. The molecule has 0 radical (unpaired) electrons. The second kappa shape index (κ2) is 5.54. The summed E-state index contributed by atoms with van der Waals surface area (Å²) in [5, 5.41) is 0. The van der Waals surface area contributed by atoms with Gasteiger partial charge in [0.05, 0.1) is 6.04 Å². The molecule has 0 aromatic heterocycles. The predicted octanol–water partition coefficient (Wildman–Crippen LogP) is 1.41. The van der Waals surface area contributed by atoms with Gasteiger partial charge in [0.2, 0.25) is 5.91 Å². The van der Waals surface area contributed by atoms with Gasteiger partial charge in [-0.1, -0.05) is 0 Å². The largest absolute Gasteiger partial charge is 0.341 e. The highest BCUT2D eigenvalue weighted by atomic mass is 16.2. The van der Waals surface area contributed by atoms with Gasteiger partial charge in [-0.25, -0.2) is 0 Å². The minimum atomic E-state index is 0.213. The van der Waals surface area contributed by atoms with Crippen LogP contribution >= 0.6 is 0 Å². The molecule has 1 aliphatic carbocycles. The number of hydrogen-bond acceptors (Lipinski definition) is 3. The van der Waals surface area contributed by atoms with Gasteiger partial charge in [0.15, 0.2) is 0 Å². The zero-order chi connectivity index (χ0) is 14.4. The molecule has 3 saturated heterocycles. The molecule has 0 spiro atoms. The molecule has 1 saturated carbocycles. The zero-order valence-electron chi connectivity index (χ0n) is 13.3. The second-order valence-electron chi connectivity index (χ2n) is 7.87. The number of piperidine rings is 3. The number of hydrogen-bond donors (Lipinski definition) is 0. The summed E-state index contributed by atoms with van der Waals surface area (Å²) in [5.74, 6) is 2.05. The highest BCUT2D eigenvalue weighted by Crippen LogP contribution is 2.36. The molecule has 3 heterocycles. The van der Waals surface area contributed by atoms with Crippen LogP contribution in [0, 0.1) is 11.8 Å². The van der Waals surface area contributed by atoms with Crippen molar-refractivity contribution in [3.8, 4) is 0 Å². The van der Waals surface area contributed by atoms with E-state index in [2.05, 4.69) is 21.7 Å². The Labute approximate surface area is 128 Å². The van der Waals surface area contributed by atoms with Crippen LogP contribution < -0.4 is 0 Å². The van der Waals surface area contributed by atoms with E-state index in [1.54, 1.807) is 0 Å². The van der Waals surface area contributed by atoms with Gasteiger partial charge in [0.1, 0.15) is 0 Å². The predicted molar refractivity (Wildman–Crippen MR) is 83.0 cm³/mol. The van der Waals surface area contributed by atoms with Gasteiger partial charge in [0.25, 0.3) is 0 Å². The smallest absolute Gasteiger partial charge is 0.239 e. The second-order valence-corrected chi connectivity index (χ2v) is 7.87. The standard InChI is InChI=1S/C17H29N3O/c1-18-7-5-15(6-8-18)20-9-4-14-10-16(20)17(21)19(12-14)11-13-2-3-13/h13-16H,2-12H2,1H3/t14-,16+/m0/s1. The first-order valence-electron chi connectivity index (χ1n) is 8.94. The molecule has 1 amide bonds. The van der Waals surface area contributed by atoms with E-state index in [0.717, 1.165) is 37.9 Å². The topological polar surface area (TPSA) is 26.8 Å². The Morgan fingerprint density at radius 1 is 1.05 bits per heavy atom. The molecule has 0 aromatic carbocycles. The first-order chi connectivity index (χ1) is 10.2. The molecule has 2 atom stereocenters. The van der Waals surface area contributed by atoms with Gasteiger partial charge in [-0.2, -0.15) is 0 Å². The van der Waals surface area contributed by atoms with Gasteiger partial charge < -0.3 is 9.80 Å². The molecule has 0 aromatic rings. The summed E-state index contributed by atoms with van der Waals surface area (Å²) in [5.41, 5.74) is 0. The molecule has 4 nitrogen and oxygen atoms in total. The van der Waals surface area contributed by atoms with Crippen molar-refractivity contribution in [2.24, 2.45) is 11.8 Å². The molecule has 21 heavy (non-hydrogen) atoms. The maximum absolute atomic E-state index is 12.9. The third kappa shape index (κ3) is 2.85. The molecule has 4 aliphatic rings. The number of carbonyl (C=O) groups excluding carboxylic acids is 1. The van der Waals surface area contributed by atoms with Crippen LogP contribution in [0.5, 0.6) is 0 Å². The number of likely N-dealkylation sites (tertiary alicyclic amines) is 3. The van der Waals surface area contributed by atoms with Crippen molar-refractivity contribution in [3.63, 3.8) is 0 Å². The molecule has 4 fully saturated rings. The first kappa shape index (κ1) is 14.0. The van der Waals surface area contributed by atoms with Crippen LogP contribution in [-0.4, -0.2) is 72.5 Å². The third-order valence-corrected chi connectivity index (χ3v) is 6.16. The van der Waals surface area contributed by atoms with Gasteiger partial charge in [0, 0.05) is 19.1 Å². The number of carbonyl (C=O) groups is 1. The van der Waals surface area contributed by atoms with E-state index < -0.39 is 0 Å². The van der Waals surface area contributed by atoms with E-state index in [-0.39, 0.29) is 6.04 Å². The van der Waals surface area contributed by atoms with E-state index in [1.165, 1.54) is 45.2 Å². The van der Waals surface area contributed by atoms with Crippen LogP contribution in [0.4, 0.5) is 0 Å². The van der Waals surface area contributed by atoms with E-state index in [0.29, 0.717) is 11.9 Å². The monoisotopic (exact) mass is 291 g/mol. The number of rotatable bonds is 3. The van der Waals surface area contributed by atoms with Crippen molar-refractivity contribution in [1.29, 1.82) is 0 Å². The van der Waals surface area contributed by atoms with Crippen molar-refractivity contribution < 1.29 is 4.79 Å². The summed E-state index contributed by atoms with van der Waals surface area (Å²) in [6.45, 7) is 5.64. The fraction of sp³-hybridized carbons (Fsp3) is 0.941. The van der Waals surface area contributed by atoms with Gasteiger partial charge in [-0.05, 0) is 77.0 Å². The quantitative estimate of drug-likeness (QED) is 0.787. The van der Waals surface area contributed by atoms with Crippen LogP contribution in [0.15, 0.2) is 0 Å². The summed E-state index contributed by atoms with van der Waals surface area (Å²) >= 11 is 0. The minimum absolute atomic E-state index is 0.213. The minimum Gasteiger partial charge on any atom is -0.341 e. The first-order valence-corrected chi connectivity index (χ1v) is 8.94. The van der Waals surface area contributed by atoms with Crippen LogP contribution in [0.2, 0.25) is 0 Å². The third-order valence-electron chi connectivity index (χ3n) is 6.16. The van der Waals surface area contributed by atoms with Gasteiger partial charge >= 0.3 is 0 Å². The van der Waals surface area contributed by atoms with Crippen LogP contribution in [0.25, 0.3) is 0 Å². The van der Waals surface area contributed by atoms with Crippen molar-refractivity contribution in [3.05, 3.63) is 0 Å². The lowest BCUT2D eigenvalue weighted by Crippen LogP contribution is -2.62. The number of nitrogens with zero attached hydrogens (tertiary/aromatic N) is 3. The summed E-state index contributed by atoms with van der Waals surface area (Å²) in [4.78, 5) is 20.1. The SMILES string of the molecule is CN1CCC(N2CC[C@H]3C[C@@H]2C(=O)N(CC2CC2)C3)CC1. The average molecular weight is 291 g/mol. The Kier molecular flexibility index (Phi) is 3.70. The molecular weight excluding hydrogens is 262 g/mol. The Balaban J connectivity index is 1.45. The molecule has 2 bridgehead atoms. The summed E-state index contributed by atoms with van der Waals surface area (Å²) in [6.07, 6.45) is 7.61. The van der Waals surface area contributed by atoms with Gasteiger partial charge in [-0.15, -0.1) is 0 Å². The fourth-order valence-electron chi connectivity index (χ4n) is 4.62. The maximum atomic E-state index is 12.9.